The molecule has 22 heavy (non-hydrogen) atoms. The Morgan fingerprint density at radius 1 is 1.00 bits per heavy atom. The van der Waals surface area contributed by atoms with Crippen molar-refractivity contribution in [1.82, 2.24) is 0 Å². The fraction of sp³-hybridized carbons (Fsp3) is 0.188. The van der Waals surface area contributed by atoms with Gasteiger partial charge in [0.1, 0.15) is 5.75 Å². The number of aromatic hydroxyl groups is 1. The minimum absolute atomic E-state index is 0.0316. The number of benzene rings is 2. The third-order valence-electron chi connectivity index (χ3n) is 3.29. The van der Waals surface area contributed by atoms with E-state index in [-0.39, 0.29) is 5.75 Å². The molecule has 0 saturated carbocycles. The van der Waals surface area contributed by atoms with Crippen LogP contribution in [0.1, 0.15) is 0 Å². The molecule has 3 rings (SSSR count). The van der Waals surface area contributed by atoms with Crippen molar-refractivity contribution in [3.8, 4) is 33.6 Å². The Hall–Kier alpha value is -2.47. The first kappa shape index (κ1) is 14.5. The second-order valence-corrected chi connectivity index (χ2v) is 5.49. The predicted molar refractivity (Wildman–Crippen MR) is 85.3 cm³/mol. The lowest BCUT2D eigenvalue weighted by Crippen LogP contribution is -1.88. The molecule has 0 aliphatic rings. The number of phenols is 1. The highest BCUT2D eigenvalue weighted by Crippen LogP contribution is 2.47. The van der Waals surface area contributed by atoms with Crippen molar-refractivity contribution < 1.29 is 23.7 Å². The lowest BCUT2D eigenvalue weighted by molar-refractivity contribution is 0.343. The number of hydrogen-bond acceptors (Lipinski definition) is 5. The van der Waals surface area contributed by atoms with Crippen LogP contribution in [0.3, 0.4) is 0 Å². The molecule has 0 aliphatic heterocycles. The van der Waals surface area contributed by atoms with Crippen molar-refractivity contribution in [3.63, 3.8) is 0 Å². The van der Waals surface area contributed by atoms with Gasteiger partial charge in [-0.25, -0.2) is 0 Å². The lowest BCUT2D eigenvalue weighted by atomic mass is 10.2. The summed E-state index contributed by atoms with van der Waals surface area (Å²) in [4.78, 5) is 0. The van der Waals surface area contributed by atoms with Crippen molar-refractivity contribution in [1.29, 1.82) is 0 Å². The first-order chi connectivity index (χ1) is 10.7. The standard InChI is InChI=1S/C16H14O5S/c1-18-10-6-4-9(5-7-10)16-21-12-8-11(19-2)13(17)14(20-3)15(12)22-16/h4-8H,1-3H3/p+1. The maximum Gasteiger partial charge on any atom is 0.418 e. The number of hydrogen-bond donors (Lipinski definition) is 1. The number of fused-ring (bicyclic) bond motifs is 1. The van der Waals surface area contributed by atoms with E-state index in [9.17, 15) is 5.11 Å². The Bertz CT molecular complexity index is 808. The Labute approximate surface area is 131 Å². The van der Waals surface area contributed by atoms with E-state index < -0.39 is 0 Å². The van der Waals surface area contributed by atoms with Gasteiger partial charge in [0.05, 0.1) is 33.0 Å². The van der Waals surface area contributed by atoms with Crippen LogP contribution in [-0.4, -0.2) is 26.4 Å². The molecule has 6 heteroatoms. The SMILES string of the molecule is COc1ccc(-c2[o+]c3cc(OC)c(O)c(OC)c3s2)cc1. The summed E-state index contributed by atoms with van der Waals surface area (Å²) in [5.41, 5.74) is 1.52. The zero-order valence-corrected chi connectivity index (χ0v) is 13.2. The second-order valence-electron chi connectivity index (χ2n) is 4.51. The molecule has 0 spiro atoms. The summed E-state index contributed by atoms with van der Waals surface area (Å²) < 4.78 is 22.2. The molecular formula is C16H15O5S+. The highest BCUT2D eigenvalue weighted by molar-refractivity contribution is 7.21. The summed E-state index contributed by atoms with van der Waals surface area (Å²) in [6.45, 7) is 0. The van der Waals surface area contributed by atoms with Crippen molar-refractivity contribution >= 4 is 21.6 Å². The van der Waals surface area contributed by atoms with Gasteiger partial charge in [-0.1, -0.05) is 0 Å². The van der Waals surface area contributed by atoms with Crippen LogP contribution in [0.25, 0.3) is 20.9 Å². The maximum absolute atomic E-state index is 10.1. The average molecular weight is 319 g/mol. The molecule has 2 aromatic carbocycles. The van der Waals surface area contributed by atoms with E-state index in [1.807, 2.05) is 24.3 Å². The summed E-state index contributed by atoms with van der Waals surface area (Å²) in [6.07, 6.45) is 0. The summed E-state index contributed by atoms with van der Waals surface area (Å²) in [6, 6.07) is 9.21. The Kier molecular flexibility index (Phi) is 3.77. The normalized spacial score (nSPS) is 10.7. The Morgan fingerprint density at radius 2 is 1.73 bits per heavy atom. The molecule has 0 aliphatic carbocycles. The molecule has 5 nitrogen and oxygen atoms in total. The Balaban J connectivity index is 2.16. The maximum atomic E-state index is 10.1. The fourth-order valence-corrected chi connectivity index (χ4v) is 3.20. The molecule has 1 aromatic heterocycles. The van der Waals surface area contributed by atoms with Gasteiger partial charge < -0.3 is 19.3 Å². The van der Waals surface area contributed by atoms with E-state index >= 15 is 0 Å². The lowest BCUT2D eigenvalue weighted by Gasteiger charge is -2.05. The van der Waals surface area contributed by atoms with Crippen molar-refractivity contribution in [2.24, 2.45) is 0 Å². The van der Waals surface area contributed by atoms with Crippen LogP contribution in [0.4, 0.5) is 0 Å². The van der Waals surface area contributed by atoms with Gasteiger partial charge in [-0.3, -0.25) is 0 Å². The van der Waals surface area contributed by atoms with Crippen LogP contribution in [0, 0.1) is 0 Å². The fourth-order valence-electron chi connectivity index (χ4n) is 2.16. The quantitative estimate of drug-likeness (QED) is 0.731. The van der Waals surface area contributed by atoms with Gasteiger partial charge in [-0.05, 0) is 35.6 Å². The predicted octanol–water partition coefficient (Wildman–Crippen LogP) is 4.17. The van der Waals surface area contributed by atoms with Crippen LogP contribution in [-0.2, 0) is 0 Å². The third-order valence-corrected chi connectivity index (χ3v) is 4.38. The number of ether oxygens (including phenoxy) is 3. The molecule has 1 heterocycles. The summed E-state index contributed by atoms with van der Waals surface area (Å²) in [5, 5.41) is 10.8. The zero-order valence-electron chi connectivity index (χ0n) is 12.4. The van der Waals surface area contributed by atoms with Gasteiger partial charge in [-0.15, -0.1) is 0 Å². The average Bonchev–Trinajstić information content (AvgIpc) is 2.98. The molecule has 0 bridgehead atoms. The first-order valence-electron chi connectivity index (χ1n) is 6.53. The first-order valence-corrected chi connectivity index (χ1v) is 7.34. The van der Waals surface area contributed by atoms with E-state index in [0.29, 0.717) is 22.2 Å². The highest BCUT2D eigenvalue weighted by atomic mass is 32.1. The molecule has 1 N–H and O–H groups in total. The van der Waals surface area contributed by atoms with Crippen molar-refractivity contribution in [3.05, 3.63) is 30.3 Å². The van der Waals surface area contributed by atoms with Gasteiger partial charge in [0.25, 0.3) is 0 Å². The van der Waals surface area contributed by atoms with Gasteiger partial charge in [0.2, 0.25) is 5.75 Å². The third kappa shape index (κ3) is 2.31. The molecule has 0 atom stereocenters. The summed E-state index contributed by atoms with van der Waals surface area (Å²) >= 11 is 1.40. The van der Waals surface area contributed by atoms with E-state index in [0.717, 1.165) is 16.0 Å². The van der Waals surface area contributed by atoms with E-state index in [2.05, 4.69) is 0 Å². The molecule has 0 radical (unpaired) electrons. The molecule has 3 aromatic rings. The topological polar surface area (TPSA) is 59.2 Å². The van der Waals surface area contributed by atoms with Crippen LogP contribution >= 0.6 is 11.3 Å². The minimum atomic E-state index is -0.0316. The summed E-state index contributed by atoms with van der Waals surface area (Å²) in [7, 11) is 4.61. The molecule has 0 saturated heterocycles. The van der Waals surface area contributed by atoms with E-state index in [1.54, 1.807) is 13.2 Å². The molecule has 0 fully saturated rings. The molecule has 0 unspecified atom stereocenters. The van der Waals surface area contributed by atoms with Crippen LogP contribution < -0.4 is 14.2 Å². The number of phenolic OH excluding ortho intramolecular Hbond substituents is 1. The van der Waals surface area contributed by atoms with Crippen molar-refractivity contribution in [2.45, 2.75) is 0 Å². The van der Waals surface area contributed by atoms with Gasteiger partial charge in [-0.2, -0.15) is 4.42 Å². The Morgan fingerprint density at radius 3 is 2.32 bits per heavy atom. The second kappa shape index (κ2) is 5.73. The van der Waals surface area contributed by atoms with E-state index in [1.165, 1.54) is 25.6 Å². The van der Waals surface area contributed by atoms with Gasteiger partial charge in [0.15, 0.2) is 16.2 Å². The minimum Gasteiger partial charge on any atom is -0.502 e. The van der Waals surface area contributed by atoms with Gasteiger partial charge >= 0.3 is 10.7 Å². The largest absolute Gasteiger partial charge is 0.502 e. The number of methoxy groups -OCH3 is 3. The zero-order chi connectivity index (χ0) is 15.7. The van der Waals surface area contributed by atoms with Crippen LogP contribution in [0.15, 0.2) is 34.7 Å². The summed E-state index contributed by atoms with van der Waals surface area (Å²) in [5.74, 6) is 1.41. The smallest absolute Gasteiger partial charge is 0.418 e. The van der Waals surface area contributed by atoms with Crippen LogP contribution in [0.5, 0.6) is 23.0 Å². The highest BCUT2D eigenvalue weighted by Gasteiger charge is 2.27. The van der Waals surface area contributed by atoms with Gasteiger partial charge in [0, 0.05) is 0 Å². The monoisotopic (exact) mass is 319 g/mol. The molecule has 114 valence electrons. The van der Waals surface area contributed by atoms with E-state index in [4.69, 9.17) is 18.6 Å². The molecule has 0 amide bonds. The molecular weight excluding hydrogens is 304 g/mol. The van der Waals surface area contributed by atoms with Crippen LogP contribution in [0.2, 0.25) is 0 Å². The van der Waals surface area contributed by atoms with Crippen molar-refractivity contribution in [2.75, 3.05) is 21.3 Å². The number of rotatable bonds is 4.